The highest BCUT2D eigenvalue weighted by Gasteiger charge is 2.15. The molecule has 15 heavy (non-hydrogen) atoms. The zero-order valence-electron chi connectivity index (χ0n) is 7.97. The van der Waals surface area contributed by atoms with Gasteiger partial charge in [-0.3, -0.25) is 4.79 Å². The topological polar surface area (TPSA) is 45.8 Å². The smallest absolute Gasteiger partial charge is 0.180 e. The van der Waals surface area contributed by atoms with E-state index in [4.69, 9.17) is 11.6 Å². The number of fused-ring (bicyclic) bond motifs is 1. The van der Waals surface area contributed by atoms with Crippen LogP contribution in [0.4, 0.5) is 0 Å². The Bertz CT molecular complexity index is 535. The Labute approximate surface area is 100.0 Å². The number of H-pyrrole nitrogens is 1. The molecule has 0 aliphatic heterocycles. The summed E-state index contributed by atoms with van der Waals surface area (Å²) in [6, 6.07) is 1.87. The first-order valence-corrected chi connectivity index (χ1v) is 5.69. The molecule has 3 nitrogen and oxygen atoms in total. The van der Waals surface area contributed by atoms with E-state index in [0.717, 1.165) is 15.6 Å². The molecule has 2 aromatic heterocycles. The molecule has 0 bridgehead atoms. The Kier molecular flexibility index (Phi) is 2.80. The van der Waals surface area contributed by atoms with E-state index in [1.807, 2.05) is 13.0 Å². The fourth-order valence-corrected chi connectivity index (χ4v) is 2.06. The highest BCUT2D eigenvalue weighted by atomic mass is 79.9. The van der Waals surface area contributed by atoms with Gasteiger partial charge in [0.15, 0.2) is 5.78 Å². The van der Waals surface area contributed by atoms with Crippen LogP contribution in [0.15, 0.2) is 16.7 Å². The minimum atomic E-state index is -0.0830. The number of hydrogen-bond acceptors (Lipinski definition) is 2. The van der Waals surface area contributed by atoms with Crippen molar-refractivity contribution in [2.24, 2.45) is 0 Å². The van der Waals surface area contributed by atoms with Crippen LogP contribution < -0.4 is 0 Å². The van der Waals surface area contributed by atoms with Gasteiger partial charge in [-0.05, 0) is 28.9 Å². The standard InChI is InChI=1S/C10H8BrClN2O/c1-5-9(8(15)3-12)7-2-6(11)4-13-10(7)14-5/h2,4H,3H2,1H3,(H,13,14). The minimum absolute atomic E-state index is 0.0136. The maximum atomic E-state index is 11.6. The molecular formula is C10H8BrClN2O. The second-order valence-corrected chi connectivity index (χ2v) is 4.41. The fourth-order valence-electron chi connectivity index (χ4n) is 1.60. The average Bonchev–Trinajstić information content (AvgIpc) is 2.52. The number of alkyl halides is 1. The first-order valence-electron chi connectivity index (χ1n) is 4.36. The van der Waals surface area contributed by atoms with E-state index in [1.165, 1.54) is 0 Å². The number of carbonyl (C=O) groups is 1. The van der Waals surface area contributed by atoms with Crippen LogP contribution in [0, 0.1) is 6.92 Å². The van der Waals surface area contributed by atoms with Crippen molar-refractivity contribution < 1.29 is 4.79 Å². The van der Waals surface area contributed by atoms with Gasteiger partial charge < -0.3 is 4.98 Å². The van der Waals surface area contributed by atoms with E-state index >= 15 is 0 Å². The molecule has 0 saturated heterocycles. The summed E-state index contributed by atoms with van der Waals surface area (Å²) in [6.07, 6.45) is 1.69. The Balaban J connectivity index is 2.76. The van der Waals surface area contributed by atoms with Crippen LogP contribution in [0.5, 0.6) is 0 Å². The van der Waals surface area contributed by atoms with Crippen LogP contribution in [0.25, 0.3) is 11.0 Å². The highest BCUT2D eigenvalue weighted by Crippen LogP contribution is 2.24. The van der Waals surface area contributed by atoms with Crippen molar-refractivity contribution in [2.45, 2.75) is 6.92 Å². The van der Waals surface area contributed by atoms with E-state index < -0.39 is 0 Å². The molecule has 0 saturated carbocycles. The monoisotopic (exact) mass is 286 g/mol. The summed E-state index contributed by atoms with van der Waals surface area (Å²) >= 11 is 8.89. The predicted octanol–water partition coefficient (Wildman–Crippen LogP) is 3.06. The third-order valence-corrected chi connectivity index (χ3v) is 2.88. The van der Waals surface area contributed by atoms with E-state index in [1.54, 1.807) is 6.20 Å². The van der Waals surface area contributed by atoms with Crippen molar-refractivity contribution >= 4 is 44.3 Å². The minimum Gasteiger partial charge on any atom is -0.343 e. The molecule has 0 fully saturated rings. The third-order valence-electron chi connectivity index (χ3n) is 2.20. The molecule has 0 radical (unpaired) electrons. The van der Waals surface area contributed by atoms with E-state index in [9.17, 15) is 4.79 Å². The zero-order chi connectivity index (χ0) is 11.0. The van der Waals surface area contributed by atoms with Gasteiger partial charge in [-0.2, -0.15) is 0 Å². The van der Waals surface area contributed by atoms with Crippen LogP contribution in [-0.2, 0) is 0 Å². The molecule has 0 unspecified atom stereocenters. The maximum absolute atomic E-state index is 11.6. The lowest BCUT2D eigenvalue weighted by molar-refractivity contribution is 0.102. The van der Waals surface area contributed by atoms with Crippen LogP contribution in [0.1, 0.15) is 16.1 Å². The average molecular weight is 288 g/mol. The molecule has 2 rings (SSSR count). The molecule has 0 aromatic carbocycles. The number of pyridine rings is 1. The molecule has 1 N–H and O–H groups in total. The normalized spacial score (nSPS) is 10.9. The quantitative estimate of drug-likeness (QED) is 0.681. The summed E-state index contributed by atoms with van der Waals surface area (Å²) in [5.74, 6) is -0.0966. The van der Waals surface area contributed by atoms with E-state index in [0.29, 0.717) is 11.2 Å². The molecule has 0 spiro atoms. The number of carbonyl (C=O) groups excluding carboxylic acids is 1. The largest absolute Gasteiger partial charge is 0.343 e. The lowest BCUT2D eigenvalue weighted by Crippen LogP contribution is -2.01. The van der Waals surface area contributed by atoms with Gasteiger partial charge in [-0.25, -0.2) is 4.98 Å². The molecular weight excluding hydrogens is 279 g/mol. The van der Waals surface area contributed by atoms with Crippen molar-refractivity contribution in [3.05, 3.63) is 28.0 Å². The SMILES string of the molecule is Cc1[nH]c2ncc(Br)cc2c1C(=O)CCl. The predicted molar refractivity (Wildman–Crippen MR) is 63.6 cm³/mol. The number of aromatic nitrogens is 2. The Morgan fingerprint density at radius 1 is 1.67 bits per heavy atom. The number of aryl methyl sites for hydroxylation is 1. The number of rotatable bonds is 2. The van der Waals surface area contributed by atoms with Crippen molar-refractivity contribution in [3.63, 3.8) is 0 Å². The molecule has 5 heteroatoms. The number of nitrogens with zero attached hydrogens (tertiary/aromatic N) is 1. The Morgan fingerprint density at radius 3 is 3.07 bits per heavy atom. The molecule has 0 atom stereocenters. The van der Waals surface area contributed by atoms with Crippen LogP contribution in [-0.4, -0.2) is 21.6 Å². The number of hydrogen-bond donors (Lipinski definition) is 1. The number of halogens is 2. The van der Waals surface area contributed by atoms with Gasteiger partial charge in [-0.15, -0.1) is 11.6 Å². The molecule has 0 aliphatic carbocycles. The molecule has 2 aromatic rings. The first-order chi connectivity index (χ1) is 7.13. The summed E-state index contributed by atoms with van der Waals surface area (Å²) in [6.45, 7) is 1.84. The van der Waals surface area contributed by atoms with Gasteiger partial charge >= 0.3 is 0 Å². The van der Waals surface area contributed by atoms with Crippen LogP contribution >= 0.6 is 27.5 Å². The summed E-state index contributed by atoms with van der Waals surface area (Å²) in [4.78, 5) is 18.9. The van der Waals surface area contributed by atoms with Gasteiger partial charge in [0.05, 0.1) is 5.88 Å². The van der Waals surface area contributed by atoms with Crippen LogP contribution in [0.3, 0.4) is 0 Å². The van der Waals surface area contributed by atoms with Gasteiger partial charge in [0.1, 0.15) is 5.65 Å². The second-order valence-electron chi connectivity index (χ2n) is 3.23. The second kappa shape index (κ2) is 3.94. The molecule has 2 heterocycles. The maximum Gasteiger partial charge on any atom is 0.180 e. The van der Waals surface area contributed by atoms with Crippen LogP contribution in [0.2, 0.25) is 0 Å². The van der Waals surface area contributed by atoms with E-state index in [-0.39, 0.29) is 11.7 Å². The lowest BCUT2D eigenvalue weighted by atomic mass is 10.1. The van der Waals surface area contributed by atoms with E-state index in [2.05, 4.69) is 25.9 Å². The number of Topliss-reactive ketones (excluding diaryl/α,β-unsaturated/α-hetero) is 1. The molecule has 0 amide bonds. The van der Waals surface area contributed by atoms with Gasteiger partial charge in [-0.1, -0.05) is 0 Å². The lowest BCUT2D eigenvalue weighted by Gasteiger charge is -1.96. The number of nitrogens with one attached hydrogen (secondary N) is 1. The van der Waals surface area contributed by atoms with Crippen molar-refractivity contribution in [1.29, 1.82) is 0 Å². The third kappa shape index (κ3) is 1.79. The number of aromatic amines is 1. The zero-order valence-corrected chi connectivity index (χ0v) is 10.3. The Hall–Kier alpha value is -0.870. The molecule has 0 aliphatic rings. The summed E-state index contributed by atoms with van der Waals surface area (Å²) in [7, 11) is 0. The van der Waals surface area contributed by atoms with Crippen molar-refractivity contribution in [1.82, 2.24) is 9.97 Å². The summed E-state index contributed by atoms with van der Waals surface area (Å²) in [5.41, 5.74) is 2.15. The van der Waals surface area contributed by atoms with Crippen molar-refractivity contribution in [2.75, 3.05) is 5.88 Å². The number of ketones is 1. The van der Waals surface area contributed by atoms with Gasteiger partial charge in [0.2, 0.25) is 0 Å². The summed E-state index contributed by atoms with van der Waals surface area (Å²) in [5, 5.41) is 0.813. The van der Waals surface area contributed by atoms with Crippen molar-refractivity contribution in [3.8, 4) is 0 Å². The highest BCUT2D eigenvalue weighted by molar-refractivity contribution is 9.10. The first kappa shape index (κ1) is 10.6. The fraction of sp³-hybridized carbons (Fsp3) is 0.200. The van der Waals surface area contributed by atoms with Gasteiger partial charge in [0, 0.05) is 27.3 Å². The Morgan fingerprint density at radius 2 is 2.40 bits per heavy atom. The van der Waals surface area contributed by atoms with Gasteiger partial charge in [0.25, 0.3) is 0 Å². The molecule has 78 valence electrons. The summed E-state index contributed by atoms with van der Waals surface area (Å²) < 4.78 is 0.845.